The van der Waals surface area contributed by atoms with Gasteiger partial charge in [0, 0.05) is 22.2 Å². The summed E-state index contributed by atoms with van der Waals surface area (Å²) in [5.74, 6) is 2.11. The summed E-state index contributed by atoms with van der Waals surface area (Å²) in [6.07, 6.45) is 1.32. The van der Waals surface area contributed by atoms with Crippen molar-refractivity contribution in [2.45, 2.75) is 34.1 Å². The van der Waals surface area contributed by atoms with E-state index in [2.05, 4.69) is 36.1 Å². The summed E-state index contributed by atoms with van der Waals surface area (Å²) in [6, 6.07) is 0. The molecule has 0 bridgehead atoms. The van der Waals surface area contributed by atoms with Crippen LogP contribution < -0.4 is 0 Å². The van der Waals surface area contributed by atoms with Crippen molar-refractivity contribution in [1.82, 2.24) is 0 Å². The summed E-state index contributed by atoms with van der Waals surface area (Å²) in [7, 11) is 6.40. The maximum Gasteiger partial charge on any atom is 0.00659 e. The first kappa shape index (κ1) is 16.1. The smallest absolute Gasteiger partial charge is 0.00659 e. The molecule has 0 aliphatic carbocycles. The van der Waals surface area contributed by atoms with Gasteiger partial charge in [-0.1, -0.05) is 57.3 Å². The fourth-order valence-electron chi connectivity index (χ4n) is 1.26. The zero-order valence-electron chi connectivity index (χ0n) is 8.20. The summed E-state index contributed by atoms with van der Waals surface area (Å²) in [4.78, 5) is 0. The van der Waals surface area contributed by atoms with Crippen molar-refractivity contribution in [2.24, 2.45) is 11.3 Å². The average molecular weight is 269 g/mol. The number of rotatable bonds is 4. The van der Waals surface area contributed by atoms with Crippen molar-refractivity contribution >= 4 is 29.6 Å². The monoisotopic (exact) mass is 268 g/mol. The van der Waals surface area contributed by atoms with E-state index in [1.807, 2.05) is 10.8 Å². The Kier molecular flexibility index (Phi) is 10.7. The summed E-state index contributed by atoms with van der Waals surface area (Å²) in [5, 5.41) is 0. The Morgan fingerprint density at radius 2 is 1.83 bits per heavy atom. The van der Waals surface area contributed by atoms with Gasteiger partial charge in [0.25, 0.3) is 0 Å². The van der Waals surface area contributed by atoms with Crippen molar-refractivity contribution in [1.29, 1.82) is 0 Å². The molecule has 0 saturated heterocycles. The van der Waals surface area contributed by atoms with Gasteiger partial charge < -0.3 is 0 Å². The minimum atomic E-state index is 0. The molecule has 0 aromatic carbocycles. The van der Waals surface area contributed by atoms with Gasteiger partial charge in [0.2, 0.25) is 0 Å². The van der Waals surface area contributed by atoms with Gasteiger partial charge in [-0.2, -0.15) is 0 Å². The van der Waals surface area contributed by atoms with Crippen LogP contribution in [0.15, 0.2) is 0 Å². The predicted molar refractivity (Wildman–Crippen MR) is 63.0 cm³/mol. The molecule has 0 radical (unpaired) electrons. The van der Waals surface area contributed by atoms with E-state index in [0.717, 1.165) is 5.92 Å². The molecule has 0 rings (SSSR count). The SMILES string of the molecule is CC(CSSP)CC(C)(C)C.[Ni]. The molecule has 0 aromatic rings. The molecule has 78 valence electrons. The van der Waals surface area contributed by atoms with Gasteiger partial charge in [0.05, 0.1) is 0 Å². The van der Waals surface area contributed by atoms with Crippen molar-refractivity contribution in [3.63, 3.8) is 0 Å². The van der Waals surface area contributed by atoms with Gasteiger partial charge in [0.1, 0.15) is 0 Å². The van der Waals surface area contributed by atoms with E-state index in [9.17, 15) is 0 Å². The number of hydrogen-bond donors (Lipinski definition) is 0. The molecule has 0 aliphatic rings. The van der Waals surface area contributed by atoms with E-state index in [1.54, 1.807) is 10.4 Å². The Hall–Kier alpha value is 1.62. The van der Waals surface area contributed by atoms with Crippen LogP contribution in [0.4, 0.5) is 0 Å². The fourth-order valence-corrected chi connectivity index (χ4v) is 3.33. The van der Waals surface area contributed by atoms with E-state index in [-0.39, 0.29) is 16.5 Å². The molecule has 0 N–H and O–H groups in total. The second kappa shape index (κ2) is 7.98. The van der Waals surface area contributed by atoms with Gasteiger partial charge in [-0.05, 0) is 17.8 Å². The van der Waals surface area contributed by atoms with Crippen LogP contribution in [0, 0.1) is 11.3 Å². The largest absolute Gasteiger partial charge is 0.0898 e. The fraction of sp³-hybridized carbons (Fsp3) is 1.00. The molecule has 0 fully saturated rings. The Morgan fingerprint density at radius 3 is 2.17 bits per heavy atom. The summed E-state index contributed by atoms with van der Waals surface area (Å²) < 4.78 is 0. The minimum Gasteiger partial charge on any atom is -0.0898 e. The molecule has 0 saturated carbocycles. The molecule has 0 amide bonds. The molecule has 0 spiro atoms. The maximum atomic E-state index is 2.68. The van der Waals surface area contributed by atoms with Gasteiger partial charge in [-0.15, -0.1) is 0 Å². The van der Waals surface area contributed by atoms with Gasteiger partial charge in [-0.3, -0.25) is 0 Å². The second-order valence-electron chi connectivity index (χ2n) is 4.25. The van der Waals surface area contributed by atoms with Crippen molar-refractivity contribution < 1.29 is 16.5 Å². The van der Waals surface area contributed by atoms with Crippen LogP contribution in [0.1, 0.15) is 34.1 Å². The standard InChI is InChI=1S/C8H19PS2.Ni/c1-7(6-10-11-9)5-8(2,3)4;/h7H,5-6,9H2,1-4H3;. The van der Waals surface area contributed by atoms with Crippen molar-refractivity contribution in [3.05, 3.63) is 0 Å². The third-order valence-electron chi connectivity index (χ3n) is 1.38. The molecule has 0 nitrogen and oxygen atoms in total. The first-order valence-corrected chi connectivity index (χ1v) is 7.73. The Bertz CT molecular complexity index is 104. The topological polar surface area (TPSA) is 0 Å². The predicted octanol–water partition coefficient (Wildman–Crippen LogP) is 4.23. The molecule has 12 heavy (non-hydrogen) atoms. The van der Waals surface area contributed by atoms with Gasteiger partial charge >= 0.3 is 0 Å². The normalized spacial score (nSPS) is 13.8. The van der Waals surface area contributed by atoms with Crippen molar-refractivity contribution in [2.75, 3.05) is 5.75 Å². The molecular weight excluding hydrogens is 250 g/mol. The third kappa shape index (κ3) is 11.6. The summed E-state index contributed by atoms with van der Waals surface area (Å²) in [5.41, 5.74) is 0.492. The van der Waals surface area contributed by atoms with Gasteiger partial charge in [0.15, 0.2) is 0 Å². The van der Waals surface area contributed by atoms with E-state index in [0.29, 0.717) is 5.41 Å². The van der Waals surface area contributed by atoms with E-state index in [1.165, 1.54) is 12.2 Å². The van der Waals surface area contributed by atoms with E-state index < -0.39 is 0 Å². The Balaban J connectivity index is 0. The van der Waals surface area contributed by atoms with Crippen LogP contribution in [-0.4, -0.2) is 5.75 Å². The van der Waals surface area contributed by atoms with Crippen LogP contribution in [-0.2, 0) is 16.5 Å². The average Bonchev–Trinajstić information content (AvgIpc) is 1.79. The van der Waals surface area contributed by atoms with Crippen LogP contribution >= 0.6 is 29.6 Å². The summed E-state index contributed by atoms with van der Waals surface area (Å²) in [6.45, 7) is 9.26. The van der Waals surface area contributed by atoms with Crippen molar-refractivity contribution in [3.8, 4) is 0 Å². The zero-order valence-corrected chi connectivity index (χ0v) is 12.0. The minimum absolute atomic E-state index is 0. The molecule has 0 aliphatic heterocycles. The van der Waals surface area contributed by atoms with Crippen LogP contribution in [0.25, 0.3) is 0 Å². The molecule has 0 aromatic heterocycles. The van der Waals surface area contributed by atoms with E-state index in [4.69, 9.17) is 0 Å². The number of hydrogen-bond acceptors (Lipinski definition) is 2. The quantitative estimate of drug-likeness (QED) is 0.425. The van der Waals surface area contributed by atoms with Gasteiger partial charge in [-0.25, -0.2) is 0 Å². The van der Waals surface area contributed by atoms with E-state index >= 15 is 0 Å². The third-order valence-corrected chi connectivity index (χ3v) is 4.26. The maximum absolute atomic E-state index is 2.68. The van der Waals surface area contributed by atoms with Crippen LogP contribution in [0.2, 0.25) is 0 Å². The Labute approximate surface area is 97.1 Å². The Morgan fingerprint density at radius 1 is 1.33 bits per heavy atom. The summed E-state index contributed by atoms with van der Waals surface area (Å²) >= 11 is 0. The molecule has 0 heterocycles. The van der Waals surface area contributed by atoms with Crippen LogP contribution in [0.5, 0.6) is 0 Å². The molecular formula is C8H19NiPS2. The molecule has 4 heteroatoms. The van der Waals surface area contributed by atoms with Crippen LogP contribution in [0.3, 0.4) is 0 Å². The molecule has 2 unspecified atom stereocenters. The second-order valence-corrected chi connectivity index (χ2v) is 8.03. The first-order chi connectivity index (χ1) is 4.95. The molecule has 2 atom stereocenters. The first-order valence-electron chi connectivity index (χ1n) is 3.94. The zero-order chi connectivity index (χ0) is 8.91.